The van der Waals surface area contributed by atoms with E-state index in [1.165, 1.54) is 5.69 Å². The maximum Gasteiger partial charge on any atom is 0.0991 e. The van der Waals surface area contributed by atoms with Crippen molar-refractivity contribution in [3.05, 3.63) is 53.9 Å². The van der Waals surface area contributed by atoms with Crippen LogP contribution in [0.4, 0.5) is 0 Å². The van der Waals surface area contributed by atoms with E-state index in [2.05, 4.69) is 41.0 Å². The van der Waals surface area contributed by atoms with Gasteiger partial charge in [-0.3, -0.25) is 0 Å². The van der Waals surface area contributed by atoms with Crippen LogP contribution in [0.25, 0.3) is 5.69 Å². The second-order valence-electron chi connectivity index (χ2n) is 5.01. The van der Waals surface area contributed by atoms with Gasteiger partial charge in [0, 0.05) is 37.2 Å². The molecule has 0 amide bonds. The highest BCUT2D eigenvalue weighted by molar-refractivity contribution is 5.41. The van der Waals surface area contributed by atoms with Crippen molar-refractivity contribution in [3.8, 4) is 11.8 Å². The van der Waals surface area contributed by atoms with Gasteiger partial charge in [-0.05, 0) is 50.5 Å². The average molecular weight is 268 g/mol. The summed E-state index contributed by atoms with van der Waals surface area (Å²) < 4.78 is 2.14. The molecule has 0 bridgehead atoms. The van der Waals surface area contributed by atoms with Crippen LogP contribution in [-0.4, -0.2) is 36.7 Å². The minimum absolute atomic E-state index is 0.687. The first-order valence-electron chi connectivity index (χ1n) is 6.73. The molecule has 0 atom stereocenters. The maximum absolute atomic E-state index is 8.83. The summed E-state index contributed by atoms with van der Waals surface area (Å²) in [6.45, 7) is 2.82. The Morgan fingerprint density at radius 1 is 1.20 bits per heavy atom. The zero-order valence-corrected chi connectivity index (χ0v) is 12.0. The van der Waals surface area contributed by atoms with E-state index in [0.717, 1.165) is 25.3 Å². The monoisotopic (exact) mass is 268 g/mol. The number of rotatable bonds is 6. The summed E-state index contributed by atoms with van der Waals surface area (Å²) >= 11 is 0. The van der Waals surface area contributed by atoms with Crippen molar-refractivity contribution >= 4 is 0 Å². The van der Waals surface area contributed by atoms with Gasteiger partial charge in [0.25, 0.3) is 0 Å². The summed E-state index contributed by atoms with van der Waals surface area (Å²) in [4.78, 5) is 2.16. The standard InChI is InChI=1S/C16H20N4/c1-19(2)11-9-18-13-16-4-3-10-20(16)15-7-5-14(12-17)6-8-15/h3-8,10,18H,9,11,13H2,1-2H3. The molecule has 1 N–H and O–H groups in total. The van der Waals surface area contributed by atoms with E-state index in [-0.39, 0.29) is 0 Å². The van der Waals surface area contributed by atoms with E-state index in [1.54, 1.807) is 0 Å². The first kappa shape index (κ1) is 14.3. The zero-order valence-electron chi connectivity index (χ0n) is 12.0. The number of benzene rings is 1. The van der Waals surface area contributed by atoms with Gasteiger partial charge in [-0.1, -0.05) is 0 Å². The Morgan fingerprint density at radius 3 is 2.60 bits per heavy atom. The lowest BCUT2D eigenvalue weighted by Crippen LogP contribution is -2.26. The van der Waals surface area contributed by atoms with Crippen LogP contribution in [0.3, 0.4) is 0 Å². The summed E-state index contributed by atoms with van der Waals surface area (Å²) in [7, 11) is 4.14. The number of nitriles is 1. The summed E-state index contributed by atoms with van der Waals surface area (Å²) in [5.41, 5.74) is 2.98. The van der Waals surface area contributed by atoms with E-state index >= 15 is 0 Å². The number of nitrogens with one attached hydrogen (secondary N) is 1. The van der Waals surface area contributed by atoms with Gasteiger partial charge in [0.15, 0.2) is 0 Å². The SMILES string of the molecule is CN(C)CCNCc1cccn1-c1ccc(C#N)cc1. The molecule has 0 saturated heterocycles. The van der Waals surface area contributed by atoms with Gasteiger partial charge < -0.3 is 14.8 Å². The molecule has 1 aromatic carbocycles. The number of likely N-dealkylation sites (N-methyl/N-ethyl adjacent to an activating group) is 1. The van der Waals surface area contributed by atoms with Crippen LogP contribution >= 0.6 is 0 Å². The third-order valence-corrected chi connectivity index (χ3v) is 3.15. The quantitative estimate of drug-likeness (QED) is 0.815. The Kier molecular flexibility index (Phi) is 4.94. The lowest BCUT2D eigenvalue weighted by molar-refractivity contribution is 0.399. The molecule has 0 fully saturated rings. The Balaban J connectivity index is 2.02. The van der Waals surface area contributed by atoms with Crippen LogP contribution < -0.4 is 5.32 Å². The smallest absolute Gasteiger partial charge is 0.0991 e. The van der Waals surface area contributed by atoms with Gasteiger partial charge in [0.2, 0.25) is 0 Å². The van der Waals surface area contributed by atoms with Crippen molar-refractivity contribution in [2.45, 2.75) is 6.54 Å². The molecule has 4 nitrogen and oxygen atoms in total. The molecule has 104 valence electrons. The molecule has 0 aliphatic heterocycles. The van der Waals surface area contributed by atoms with E-state index in [9.17, 15) is 0 Å². The van der Waals surface area contributed by atoms with Crippen molar-refractivity contribution in [1.82, 2.24) is 14.8 Å². The Labute approximate surface area is 120 Å². The normalized spacial score (nSPS) is 10.7. The van der Waals surface area contributed by atoms with Crippen molar-refractivity contribution < 1.29 is 0 Å². The second-order valence-corrected chi connectivity index (χ2v) is 5.01. The largest absolute Gasteiger partial charge is 0.320 e. The van der Waals surface area contributed by atoms with Crippen LogP contribution in [-0.2, 0) is 6.54 Å². The van der Waals surface area contributed by atoms with Crippen LogP contribution in [0.2, 0.25) is 0 Å². The molecule has 0 aliphatic carbocycles. The molecule has 0 unspecified atom stereocenters. The molecule has 20 heavy (non-hydrogen) atoms. The predicted molar refractivity (Wildman–Crippen MR) is 80.7 cm³/mol. The molecule has 0 saturated carbocycles. The van der Waals surface area contributed by atoms with Crippen molar-refractivity contribution in [2.24, 2.45) is 0 Å². The van der Waals surface area contributed by atoms with E-state index in [1.807, 2.05) is 36.5 Å². The highest BCUT2D eigenvalue weighted by Crippen LogP contribution is 2.13. The Hall–Kier alpha value is -2.09. The fraction of sp³-hybridized carbons (Fsp3) is 0.312. The minimum atomic E-state index is 0.687. The Bertz CT molecular complexity index is 575. The molecule has 4 heteroatoms. The zero-order chi connectivity index (χ0) is 14.4. The summed E-state index contributed by atoms with van der Waals surface area (Å²) in [5.74, 6) is 0. The van der Waals surface area contributed by atoms with Crippen LogP contribution in [0.5, 0.6) is 0 Å². The minimum Gasteiger partial charge on any atom is -0.320 e. The lowest BCUT2D eigenvalue weighted by Gasteiger charge is -2.12. The molecule has 1 heterocycles. The summed E-state index contributed by atoms with van der Waals surface area (Å²) in [5, 5.41) is 12.3. The fourth-order valence-corrected chi connectivity index (χ4v) is 2.03. The number of nitrogens with zero attached hydrogens (tertiary/aromatic N) is 3. The third-order valence-electron chi connectivity index (χ3n) is 3.15. The van der Waals surface area contributed by atoms with Gasteiger partial charge in [0.1, 0.15) is 0 Å². The first-order chi connectivity index (χ1) is 9.70. The lowest BCUT2D eigenvalue weighted by atomic mass is 10.2. The second kappa shape index (κ2) is 6.90. The van der Waals surface area contributed by atoms with E-state index < -0.39 is 0 Å². The highest BCUT2D eigenvalue weighted by atomic mass is 15.1. The van der Waals surface area contributed by atoms with Gasteiger partial charge in [-0.25, -0.2) is 0 Å². The predicted octanol–water partition coefficient (Wildman–Crippen LogP) is 2.00. The van der Waals surface area contributed by atoms with E-state index in [4.69, 9.17) is 5.26 Å². The van der Waals surface area contributed by atoms with Gasteiger partial charge in [-0.2, -0.15) is 5.26 Å². The number of aromatic nitrogens is 1. The van der Waals surface area contributed by atoms with E-state index in [0.29, 0.717) is 5.56 Å². The van der Waals surface area contributed by atoms with Crippen molar-refractivity contribution in [2.75, 3.05) is 27.2 Å². The van der Waals surface area contributed by atoms with Crippen LogP contribution in [0.15, 0.2) is 42.6 Å². The maximum atomic E-state index is 8.83. The molecule has 0 spiro atoms. The number of hydrogen-bond donors (Lipinski definition) is 1. The van der Waals surface area contributed by atoms with Gasteiger partial charge >= 0.3 is 0 Å². The van der Waals surface area contributed by atoms with Gasteiger partial charge in [0.05, 0.1) is 11.6 Å². The molecule has 2 aromatic rings. The van der Waals surface area contributed by atoms with Crippen molar-refractivity contribution in [3.63, 3.8) is 0 Å². The van der Waals surface area contributed by atoms with Crippen LogP contribution in [0.1, 0.15) is 11.3 Å². The molecule has 0 aliphatic rings. The molecular weight excluding hydrogens is 248 g/mol. The van der Waals surface area contributed by atoms with Crippen molar-refractivity contribution in [1.29, 1.82) is 5.26 Å². The number of hydrogen-bond acceptors (Lipinski definition) is 3. The first-order valence-corrected chi connectivity index (χ1v) is 6.73. The highest BCUT2D eigenvalue weighted by Gasteiger charge is 2.03. The van der Waals surface area contributed by atoms with Crippen LogP contribution in [0, 0.1) is 11.3 Å². The molecular formula is C16H20N4. The molecule has 2 rings (SSSR count). The topological polar surface area (TPSA) is 44.0 Å². The summed E-state index contributed by atoms with van der Waals surface area (Å²) in [6.07, 6.45) is 2.05. The van der Waals surface area contributed by atoms with Gasteiger partial charge in [-0.15, -0.1) is 0 Å². The third kappa shape index (κ3) is 3.70. The average Bonchev–Trinajstić information content (AvgIpc) is 2.92. The summed E-state index contributed by atoms with van der Waals surface area (Å²) in [6, 6.07) is 13.9. The molecule has 1 aromatic heterocycles. The fourth-order valence-electron chi connectivity index (χ4n) is 2.03. The molecule has 0 radical (unpaired) electrons. The Morgan fingerprint density at radius 2 is 1.95 bits per heavy atom.